The fourth-order valence-corrected chi connectivity index (χ4v) is 3.64. The first-order chi connectivity index (χ1) is 9.26. The first-order valence-electron chi connectivity index (χ1n) is 6.88. The maximum Gasteiger partial charge on any atom is 0.0809 e. The molecule has 3 unspecified atom stereocenters. The zero-order valence-electron chi connectivity index (χ0n) is 11.4. The molecule has 3 nitrogen and oxygen atoms in total. The Morgan fingerprint density at radius 2 is 2.37 bits per heavy atom. The monoisotopic (exact) mass is 276 g/mol. The summed E-state index contributed by atoms with van der Waals surface area (Å²) in [4.78, 5) is 4.51. The largest absolute Gasteiger partial charge is 0.381 e. The standard InChI is InChI=1S/C15H20N2OS/c1-10(17-12-3-4-13(8-12)18-2)11-7-15-14(16-9-11)5-6-19-15/h5-7,9-10,12-13,17H,3-4,8H2,1-2H3. The summed E-state index contributed by atoms with van der Waals surface area (Å²) in [6.45, 7) is 2.22. The molecule has 0 radical (unpaired) electrons. The summed E-state index contributed by atoms with van der Waals surface area (Å²) in [7, 11) is 1.81. The highest BCUT2D eigenvalue weighted by Gasteiger charge is 2.25. The van der Waals surface area contributed by atoms with Crippen LogP contribution in [0.2, 0.25) is 0 Å². The molecule has 0 bridgehead atoms. The van der Waals surface area contributed by atoms with E-state index in [1.165, 1.54) is 23.1 Å². The summed E-state index contributed by atoms with van der Waals surface area (Å²) in [5.41, 5.74) is 2.37. The van der Waals surface area contributed by atoms with Crippen molar-refractivity contribution in [1.82, 2.24) is 10.3 Å². The molecule has 0 aliphatic heterocycles. The highest BCUT2D eigenvalue weighted by Crippen LogP contribution is 2.26. The molecular formula is C15H20N2OS. The number of methoxy groups -OCH3 is 1. The zero-order valence-corrected chi connectivity index (χ0v) is 12.2. The van der Waals surface area contributed by atoms with Gasteiger partial charge in [-0.3, -0.25) is 4.98 Å². The van der Waals surface area contributed by atoms with E-state index in [0.29, 0.717) is 18.2 Å². The van der Waals surface area contributed by atoms with Gasteiger partial charge in [0, 0.05) is 25.4 Å². The lowest BCUT2D eigenvalue weighted by Crippen LogP contribution is -2.30. The van der Waals surface area contributed by atoms with E-state index in [1.54, 1.807) is 11.3 Å². The van der Waals surface area contributed by atoms with E-state index in [-0.39, 0.29) is 0 Å². The van der Waals surface area contributed by atoms with E-state index in [4.69, 9.17) is 4.74 Å². The third kappa shape index (κ3) is 2.81. The van der Waals surface area contributed by atoms with Crippen LogP contribution >= 0.6 is 11.3 Å². The van der Waals surface area contributed by atoms with Gasteiger partial charge in [0.15, 0.2) is 0 Å². The van der Waals surface area contributed by atoms with Crippen LogP contribution in [-0.4, -0.2) is 24.2 Å². The molecule has 3 rings (SSSR count). The first-order valence-corrected chi connectivity index (χ1v) is 7.76. The number of thiophene rings is 1. The molecule has 1 N–H and O–H groups in total. The number of hydrogen-bond donors (Lipinski definition) is 1. The van der Waals surface area contributed by atoms with Gasteiger partial charge in [0.1, 0.15) is 0 Å². The highest BCUT2D eigenvalue weighted by atomic mass is 32.1. The number of rotatable bonds is 4. The zero-order chi connectivity index (χ0) is 13.2. The summed E-state index contributed by atoms with van der Waals surface area (Å²) >= 11 is 1.76. The molecule has 2 aromatic rings. The van der Waals surface area contributed by atoms with Crippen LogP contribution in [0.4, 0.5) is 0 Å². The lowest BCUT2D eigenvalue weighted by molar-refractivity contribution is 0.106. The van der Waals surface area contributed by atoms with Crippen molar-refractivity contribution in [3.8, 4) is 0 Å². The summed E-state index contributed by atoms with van der Waals surface area (Å²) in [5, 5.41) is 5.80. The SMILES string of the molecule is COC1CCC(NC(C)c2cnc3ccsc3c2)C1. The molecule has 19 heavy (non-hydrogen) atoms. The van der Waals surface area contributed by atoms with Crippen molar-refractivity contribution in [2.75, 3.05) is 7.11 Å². The number of nitrogens with zero attached hydrogens (tertiary/aromatic N) is 1. The Morgan fingerprint density at radius 1 is 1.47 bits per heavy atom. The fraction of sp³-hybridized carbons (Fsp3) is 0.533. The molecule has 2 heterocycles. The Labute approximate surface area is 118 Å². The van der Waals surface area contributed by atoms with Crippen LogP contribution < -0.4 is 5.32 Å². The number of ether oxygens (including phenoxy) is 1. The number of pyridine rings is 1. The minimum Gasteiger partial charge on any atom is -0.381 e. The molecule has 0 aromatic carbocycles. The van der Waals surface area contributed by atoms with E-state index in [9.17, 15) is 0 Å². The highest BCUT2D eigenvalue weighted by molar-refractivity contribution is 7.17. The van der Waals surface area contributed by atoms with Crippen molar-refractivity contribution in [3.63, 3.8) is 0 Å². The number of hydrogen-bond acceptors (Lipinski definition) is 4. The van der Waals surface area contributed by atoms with Crippen molar-refractivity contribution in [1.29, 1.82) is 0 Å². The Bertz CT molecular complexity index is 554. The summed E-state index contributed by atoms with van der Waals surface area (Å²) in [6.07, 6.45) is 5.92. The first kappa shape index (κ1) is 13.0. The van der Waals surface area contributed by atoms with E-state index in [0.717, 1.165) is 11.9 Å². The predicted octanol–water partition coefficient (Wildman–Crippen LogP) is 3.51. The van der Waals surface area contributed by atoms with Crippen molar-refractivity contribution in [2.24, 2.45) is 0 Å². The van der Waals surface area contributed by atoms with Gasteiger partial charge in [0.25, 0.3) is 0 Å². The van der Waals surface area contributed by atoms with Gasteiger partial charge in [0.2, 0.25) is 0 Å². The fourth-order valence-electron chi connectivity index (χ4n) is 2.85. The van der Waals surface area contributed by atoms with Gasteiger partial charge < -0.3 is 10.1 Å². The second-order valence-electron chi connectivity index (χ2n) is 5.33. The van der Waals surface area contributed by atoms with Gasteiger partial charge in [-0.2, -0.15) is 0 Å². The normalized spacial score (nSPS) is 24.9. The molecule has 1 aliphatic carbocycles. The lowest BCUT2D eigenvalue weighted by Gasteiger charge is -2.19. The van der Waals surface area contributed by atoms with Crippen molar-refractivity contribution in [2.45, 2.75) is 44.4 Å². The van der Waals surface area contributed by atoms with Crippen LogP contribution in [-0.2, 0) is 4.74 Å². The van der Waals surface area contributed by atoms with Gasteiger partial charge in [-0.05, 0) is 49.3 Å². The van der Waals surface area contributed by atoms with Gasteiger partial charge in [-0.1, -0.05) is 0 Å². The van der Waals surface area contributed by atoms with Crippen molar-refractivity contribution >= 4 is 21.6 Å². The smallest absolute Gasteiger partial charge is 0.0809 e. The minimum atomic E-state index is 0.347. The van der Waals surface area contributed by atoms with E-state index in [2.05, 4.69) is 34.7 Å². The third-order valence-corrected chi connectivity index (χ3v) is 4.88. The third-order valence-electron chi connectivity index (χ3n) is 4.03. The Hall–Kier alpha value is -0.970. The van der Waals surface area contributed by atoms with Crippen molar-refractivity contribution < 1.29 is 4.74 Å². The summed E-state index contributed by atoms with van der Waals surface area (Å²) < 4.78 is 6.70. The minimum absolute atomic E-state index is 0.347. The molecule has 0 saturated heterocycles. The second-order valence-corrected chi connectivity index (χ2v) is 6.28. The van der Waals surface area contributed by atoms with E-state index >= 15 is 0 Å². The molecule has 3 atom stereocenters. The molecule has 1 fully saturated rings. The maximum absolute atomic E-state index is 5.43. The van der Waals surface area contributed by atoms with Crippen LogP contribution in [0.25, 0.3) is 10.2 Å². The molecule has 2 aromatic heterocycles. The van der Waals surface area contributed by atoms with Crippen LogP contribution in [0.1, 0.15) is 37.8 Å². The molecule has 1 aliphatic rings. The molecule has 0 spiro atoms. The molecule has 1 saturated carbocycles. The van der Waals surface area contributed by atoms with Gasteiger partial charge in [0.05, 0.1) is 16.3 Å². The summed E-state index contributed by atoms with van der Waals surface area (Å²) in [6, 6.07) is 5.24. The molecule has 4 heteroatoms. The average molecular weight is 276 g/mol. The van der Waals surface area contributed by atoms with Crippen LogP contribution in [0, 0.1) is 0 Å². The predicted molar refractivity (Wildman–Crippen MR) is 79.6 cm³/mol. The van der Waals surface area contributed by atoms with Gasteiger partial charge in [-0.15, -0.1) is 11.3 Å². The number of aromatic nitrogens is 1. The number of fused-ring (bicyclic) bond motifs is 1. The van der Waals surface area contributed by atoms with Gasteiger partial charge in [-0.25, -0.2) is 0 Å². The topological polar surface area (TPSA) is 34.1 Å². The Morgan fingerprint density at radius 3 is 3.16 bits per heavy atom. The molecule has 0 amide bonds. The van der Waals surface area contributed by atoms with Crippen LogP contribution in [0.3, 0.4) is 0 Å². The number of nitrogens with one attached hydrogen (secondary N) is 1. The average Bonchev–Trinajstić information content (AvgIpc) is 3.05. The molecule has 102 valence electrons. The Kier molecular flexibility index (Phi) is 3.82. The van der Waals surface area contributed by atoms with Crippen LogP contribution in [0.5, 0.6) is 0 Å². The van der Waals surface area contributed by atoms with Gasteiger partial charge >= 0.3 is 0 Å². The van der Waals surface area contributed by atoms with E-state index in [1.807, 2.05) is 13.3 Å². The van der Waals surface area contributed by atoms with Crippen molar-refractivity contribution in [3.05, 3.63) is 29.3 Å². The molecular weight excluding hydrogens is 256 g/mol. The van der Waals surface area contributed by atoms with Crippen LogP contribution in [0.15, 0.2) is 23.7 Å². The maximum atomic E-state index is 5.43. The van der Waals surface area contributed by atoms with E-state index < -0.39 is 0 Å². The summed E-state index contributed by atoms with van der Waals surface area (Å²) in [5.74, 6) is 0. The lowest BCUT2D eigenvalue weighted by atomic mass is 10.1. The quantitative estimate of drug-likeness (QED) is 0.928. The Balaban J connectivity index is 1.68. The second kappa shape index (κ2) is 5.57.